The molecule has 0 fully saturated rings. The van der Waals surface area contributed by atoms with Gasteiger partial charge in [0, 0.05) is 19.3 Å². The summed E-state index contributed by atoms with van der Waals surface area (Å²) in [6.45, 7) is 0. The Labute approximate surface area is 117 Å². The van der Waals surface area contributed by atoms with Gasteiger partial charge >= 0.3 is 0 Å². The normalized spacial score (nSPS) is 10.9. The first-order valence-corrected chi connectivity index (χ1v) is 7.21. The summed E-state index contributed by atoms with van der Waals surface area (Å²) in [7, 11) is -0.665. The summed E-state index contributed by atoms with van der Waals surface area (Å²) in [5.41, 5.74) is 0.750. The average molecular weight is 294 g/mol. The van der Waals surface area contributed by atoms with Gasteiger partial charge in [0.05, 0.1) is 24.7 Å². The molecule has 2 N–H and O–H groups in total. The summed E-state index contributed by atoms with van der Waals surface area (Å²) >= 11 is 0. The molecule has 106 valence electrons. The molecule has 2 aromatic rings. The van der Waals surface area contributed by atoms with Crippen LogP contribution in [0.1, 0.15) is 0 Å². The lowest BCUT2D eigenvalue weighted by atomic mass is 10.4. The highest BCUT2D eigenvalue weighted by Crippen LogP contribution is 2.21. The van der Waals surface area contributed by atoms with Gasteiger partial charge in [0.2, 0.25) is 5.88 Å². The number of sulfonamides is 1. The third-order valence-corrected chi connectivity index (χ3v) is 3.83. The molecule has 0 spiro atoms. The van der Waals surface area contributed by atoms with Crippen LogP contribution in [0.15, 0.2) is 41.7 Å². The number of anilines is 2. The first-order chi connectivity index (χ1) is 9.56. The van der Waals surface area contributed by atoms with Gasteiger partial charge in [-0.15, -0.1) is 0 Å². The van der Waals surface area contributed by atoms with E-state index in [9.17, 15) is 8.42 Å². The van der Waals surface area contributed by atoms with Gasteiger partial charge < -0.3 is 10.1 Å². The molecule has 0 radical (unpaired) electrons. The van der Waals surface area contributed by atoms with Gasteiger partial charge in [-0.1, -0.05) is 0 Å². The Morgan fingerprint density at radius 2 is 2.00 bits per heavy atom. The van der Waals surface area contributed by atoms with E-state index in [0.717, 1.165) is 0 Å². The lowest BCUT2D eigenvalue weighted by Crippen LogP contribution is -2.16. The molecule has 0 aromatic carbocycles. The van der Waals surface area contributed by atoms with Crippen molar-refractivity contribution in [1.82, 2.24) is 9.97 Å². The summed E-state index contributed by atoms with van der Waals surface area (Å²) in [5.74, 6) is 0.404. The molecule has 0 saturated carbocycles. The number of hydrogen-bond donors (Lipinski definition) is 2. The van der Waals surface area contributed by atoms with Crippen molar-refractivity contribution in [2.75, 3.05) is 24.2 Å². The molecule has 0 bridgehead atoms. The smallest absolute Gasteiger partial charge is 0.281 e. The predicted molar refractivity (Wildman–Crippen MR) is 75.4 cm³/mol. The average Bonchev–Trinajstić information content (AvgIpc) is 2.47. The number of aromatic nitrogens is 2. The number of nitrogens with zero attached hydrogens (tertiary/aromatic N) is 2. The fraction of sp³-hybridized carbons (Fsp3) is 0.167. The van der Waals surface area contributed by atoms with Crippen LogP contribution < -0.4 is 14.8 Å². The zero-order valence-corrected chi connectivity index (χ0v) is 11.8. The molecule has 0 unspecified atom stereocenters. The van der Waals surface area contributed by atoms with Crippen LogP contribution >= 0.6 is 0 Å². The molecule has 0 atom stereocenters. The van der Waals surface area contributed by atoms with Gasteiger partial charge in [-0.3, -0.25) is 4.72 Å². The Balaban J connectivity index is 2.30. The molecule has 0 aliphatic heterocycles. The van der Waals surface area contributed by atoms with Gasteiger partial charge in [0.15, 0.2) is 5.03 Å². The fourth-order valence-corrected chi connectivity index (χ4v) is 2.75. The second-order valence-electron chi connectivity index (χ2n) is 3.80. The molecule has 0 saturated heterocycles. The fourth-order valence-electron chi connectivity index (χ4n) is 1.56. The number of methoxy groups -OCH3 is 1. The van der Waals surface area contributed by atoms with Crippen LogP contribution in [0.4, 0.5) is 11.4 Å². The number of ether oxygens (including phenoxy) is 1. The second kappa shape index (κ2) is 5.74. The second-order valence-corrected chi connectivity index (χ2v) is 5.40. The van der Waals surface area contributed by atoms with Crippen LogP contribution in [0.25, 0.3) is 0 Å². The molecular weight excluding hydrogens is 280 g/mol. The molecule has 2 rings (SSSR count). The largest absolute Gasteiger partial charge is 0.481 e. The molecule has 7 nitrogen and oxygen atoms in total. The van der Waals surface area contributed by atoms with Crippen LogP contribution in [0, 0.1) is 0 Å². The van der Waals surface area contributed by atoms with Crippen molar-refractivity contribution in [3.8, 4) is 5.88 Å². The van der Waals surface area contributed by atoms with Crippen LogP contribution in [0.3, 0.4) is 0 Å². The molecular formula is C12H14N4O3S. The third kappa shape index (κ3) is 2.97. The zero-order chi connectivity index (χ0) is 14.6. The summed E-state index contributed by atoms with van der Waals surface area (Å²) in [6, 6.07) is 6.41. The van der Waals surface area contributed by atoms with Crippen LogP contribution in [-0.4, -0.2) is 32.5 Å². The third-order valence-electron chi connectivity index (χ3n) is 2.49. The predicted octanol–water partition coefficient (Wildman–Crippen LogP) is 1.33. The molecule has 2 aromatic heterocycles. The molecule has 20 heavy (non-hydrogen) atoms. The minimum Gasteiger partial charge on any atom is -0.481 e. The van der Waals surface area contributed by atoms with E-state index in [2.05, 4.69) is 20.0 Å². The zero-order valence-electron chi connectivity index (χ0n) is 11.0. The van der Waals surface area contributed by atoms with E-state index in [1.54, 1.807) is 31.3 Å². The topological polar surface area (TPSA) is 93.2 Å². The first kappa shape index (κ1) is 14.1. The van der Waals surface area contributed by atoms with Crippen LogP contribution in [0.2, 0.25) is 0 Å². The quantitative estimate of drug-likeness (QED) is 0.864. The maximum absolute atomic E-state index is 12.3. The number of pyridine rings is 2. The SMILES string of the molecule is CNc1cccnc1S(=O)(=O)Nc1ccc(OC)nc1. The standard InChI is InChI=1S/C12H14N4O3S/c1-13-10-4-3-7-14-12(10)20(17,18)16-9-5-6-11(19-2)15-8-9/h3-8,13,16H,1-2H3. The van der Waals surface area contributed by atoms with E-state index in [1.807, 2.05) is 0 Å². The maximum Gasteiger partial charge on any atom is 0.281 e. The Hall–Kier alpha value is -2.35. The molecule has 0 aliphatic rings. The Morgan fingerprint density at radius 1 is 1.20 bits per heavy atom. The molecule has 2 heterocycles. The Morgan fingerprint density at radius 3 is 2.60 bits per heavy atom. The van der Waals surface area contributed by atoms with E-state index in [0.29, 0.717) is 17.3 Å². The lowest BCUT2D eigenvalue weighted by molar-refractivity contribution is 0.398. The van der Waals surface area contributed by atoms with Crippen molar-refractivity contribution in [3.05, 3.63) is 36.7 Å². The molecule has 0 amide bonds. The van der Waals surface area contributed by atoms with E-state index in [4.69, 9.17) is 4.74 Å². The number of rotatable bonds is 5. The van der Waals surface area contributed by atoms with Crippen molar-refractivity contribution >= 4 is 21.4 Å². The van der Waals surface area contributed by atoms with E-state index < -0.39 is 10.0 Å². The van der Waals surface area contributed by atoms with Crippen molar-refractivity contribution in [3.63, 3.8) is 0 Å². The van der Waals surface area contributed by atoms with E-state index >= 15 is 0 Å². The van der Waals surface area contributed by atoms with E-state index in [-0.39, 0.29) is 5.03 Å². The highest BCUT2D eigenvalue weighted by Gasteiger charge is 2.19. The highest BCUT2D eigenvalue weighted by atomic mass is 32.2. The minimum absolute atomic E-state index is 0.0710. The summed E-state index contributed by atoms with van der Waals surface area (Å²) in [4.78, 5) is 7.83. The van der Waals surface area contributed by atoms with Gasteiger partial charge in [0.25, 0.3) is 10.0 Å². The Kier molecular flexibility index (Phi) is 4.04. The lowest BCUT2D eigenvalue weighted by Gasteiger charge is -2.10. The monoisotopic (exact) mass is 294 g/mol. The number of hydrogen-bond acceptors (Lipinski definition) is 6. The maximum atomic E-state index is 12.3. The summed E-state index contributed by atoms with van der Waals surface area (Å²) in [5, 5.41) is 2.72. The van der Waals surface area contributed by atoms with Gasteiger partial charge in [0.1, 0.15) is 0 Å². The van der Waals surface area contributed by atoms with Gasteiger partial charge in [-0.2, -0.15) is 8.42 Å². The van der Waals surface area contributed by atoms with Crippen LogP contribution in [-0.2, 0) is 10.0 Å². The van der Waals surface area contributed by atoms with Crippen molar-refractivity contribution < 1.29 is 13.2 Å². The van der Waals surface area contributed by atoms with Gasteiger partial charge in [-0.25, -0.2) is 9.97 Å². The Bertz CT molecular complexity index is 686. The minimum atomic E-state index is -3.78. The summed E-state index contributed by atoms with van der Waals surface area (Å²) in [6.07, 6.45) is 2.79. The number of nitrogens with one attached hydrogen (secondary N) is 2. The van der Waals surface area contributed by atoms with E-state index in [1.165, 1.54) is 19.5 Å². The highest BCUT2D eigenvalue weighted by molar-refractivity contribution is 7.92. The molecule has 8 heteroatoms. The molecule has 0 aliphatic carbocycles. The van der Waals surface area contributed by atoms with Crippen molar-refractivity contribution in [1.29, 1.82) is 0 Å². The first-order valence-electron chi connectivity index (χ1n) is 5.72. The van der Waals surface area contributed by atoms with Crippen LogP contribution in [0.5, 0.6) is 5.88 Å². The van der Waals surface area contributed by atoms with Gasteiger partial charge in [-0.05, 0) is 18.2 Å². The van der Waals surface area contributed by atoms with Crippen molar-refractivity contribution in [2.24, 2.45) is 0 Å². The van der Waals surface area contributed by atoms with Crippen molar-refractivity contribution in [2.45, 2.75) is 5.03 Å². The summed E-state index contributed by atoms with van der Waals surface area (Å²) < 4.78 is 31.8.